The van der Waals surface area contributed by atoms with Gasteiger partial charge >= 0.3 is 0 Å². The van der Waals surface area contributed by atoms with E-state index in [1.54, 1.807) is 7.11 Å². The Kier molecular flexibility index (Phi) is 10.8. The van der Waals surface area contributed by atoms with Crippen molar-refractivity contribution in [3.8, 4) is 5.75 Å². The molecule has 34 heavy (non-hydrogen) atoms. The van der Waals surface area contributed by atoms with Crippen molar-refractivity contribution in [2.45, 2.75) is 47.6 Å². The lowest BCUT2D eigenvalue weighted by Crippen LogP contribution is -2.24. The first-order valence-electron chi connectivity index (χ1n) is 11.8. The fraction of sp³-hybridized carbons (Fsp3) is 0.267. The van der Waals surface area contributed by atoms with Gasteiger partial charge < -0.3 is 10.1 Å². The van der Waals surface area contributed by atoms with Gasteiger partial charge in [-0.15, -0.1) is 0 Å². The van der Waals surface area contributed by atoms with E-state index in [-0.39, 0.29) is 5.91 Å². The molecule has 0 aliphatic heterocycles. The minimum absolute atomic E-state index is 0.0696. The van der Waals surface area contributed by atoms with Crippen LogP contribution in [0.3, 0.4) is 0 Å². The molecule has 4 nitrogen and oxygen atoms in total. The van der Waals surface area contributed by atoms with Crippen LogP contribution in [-0.4, -0.2) is 18.0 Å². The predicted octanol–water partition coefficient (Wildman–Crippen LogP) is 6.93. The Morgan fingerprint density at radius 1 is 1.03 bits per heavy atom. The molecule has 0 aliphatic carbocycles. The van der Waals surface area contributed by atoms with E-state index >= 15 is 0 Å². The third kappa shape index (κ3) is 7.17. The van der Waals surface area contributed by atoms with Crippen LogP contribution in [0.15, 0.2) is 79.0 Å². The number of aromatic nitrogens is 1. The molecular weight excluding hydrogens is 420 g/mol. The van der Waals surface area contributed by atoms with Gasteiger partial charge in [-0.05, 0) is 85.4 Å². The summed E-state index contributed by atoms with van der Waals surface area (Å²) in [6.45, 7) is 10.5. The number of ether oxygens (including phenoxy) is 1. The van der Waals surface area contributed by atoms with Crippen LogP contribution >= 0.6 is 0 Å². The SMILES string of the molecule is C/C=C\C(=C/C)c1cc(Cc2cccc(C(=O)NCc3ccc(OC)cc3)c2C)ccn1.CC. The molecular formula is C30H36N2O2. The van der Waals surface area contributed by atoms with Crippen LogP contribution in [0.4, 0.5) is 0 Å². The molecule has 0 radical (unpaired) electrons. The van der Waals surface area contributed by atoms with Crippen molar-refractivity contribution in [3.05, 3.63) is 113 Å². The van der Waals surface area contributed by atoms with Gasteiger partial charge in [-0.3, -0.25) is 9.78 Å². The molecule has 0 aliphatic rings. The van der Waals surface area contributed by atoms with Gasteiger partial charge in [-0.2, -0.15) is 0 Å². The van der Waals surface area contributed by atoms with E-state index in [2.05, 4.69) is 34.6 Å². The Labute approximate surface area is 204 Å². The Morgan fingerprint density at radius 2 is 1.76 bits per heavy atom. The maximum atomic E-state index is 12.9. The zero-order valence-electron chi connectivity index (χ0n) is 21.2. The number of allylic oxidation sites excluding steroid dienone is 4. The van der Waals surface area contributed by atoms with E-state index in [0.29, 0.717) is 12.1 Å². The average Bonchev–Trinajstić information content (AvgIpc) is 2.88. The summed E-state index contributed by atoms with van der Waals surface area (Å²) in [5, 5.41) is 3.03. The smallest absolute Gasteiger partial charge is 0.251 e. The zero-order valence-corrected chi connectivity index (χ0v) is 21.2. The molecule has 0 saturated carbocycles. The lowest BCUT2D eigenvalue weighted by molar-refractivity contribution is 0.0950. The van der Waals surface area contributed by atoms with Crippen LogP contribution < -0.4 is 10.1 Å². The third-order valence-electron chi connectivity index (χ3n) is 5.47. The van der Waals surface area contributed by atoms with Crippen molar-refractivity contribution in [2.24, 2.45) is 0 Å². The molecule has 2 aromatic carbocycles. The summed E-state index contributed by atoms with van der Waals surface area (Å²) in [4.78, 5) is 17.4. The molecule has 0 atom stereocenters. The minimum atomic E-state index is -0.0696. The number of hydrogen-bond donors (Lipinski definition) is 1. The number of hydrogen-bond acceptors (Lipinski definition) is 3. The number of benzene rings is 2. The Morgan fingerprint density at radius 3 is 2.41 bits per heavy atom. The van der Waals surface area contributed by atoms with Crippen LogP contribution in [0.1, 0.15) is 66.0 Å². The Bertz CT molecular complexity index is 1130. The number of pyridine rings is 1. The highest BCUT2D eigenvalue weighted by molar-refractivity contribution is 5.95. The van der Waals surface area contributed by atoms with Gasteiger partial charge in [0.1, 0.15) is 5.75 Å². The summed E-state index contributed by atoms with van der Waals surface area (Å²) in [5.41, 5.74) is 7.07. The molecule has 1 amide bonds. The van der Waals surface area contributed by atoms with Crippen molar-refractivity contribution in [1.82, 2.24) is 10.3 Å². The molecule has 3 aromatic rings. The van der Waals surface area contributed by atoms with E-state index in [1.165, 1.54) is 0 Å². The minimum Gasteiger partial charge on any atom is -0.497 e. The maximum absolute atomic E-state index is 12.9. The summed E-state index contributed by atoms with van der Waals surface area (Å²) in [6.07, 6.45) is 8.73. The predicted molar refractivity (Wildman–Crippen MR) is 142 cm³/mol. The van der Waals surface area contributed by atoms with Gasteiger partial charge in [0.2, 0.25) is 0 Å². The molecule has 1 N–H and O–H groups in total. The van der Waals surface area contributed by atoms with E-state index < -0.39 is 0 Å². The number of nitrogens with one attached hydrogen (secondary N) is 1. The van der Waals surface area contributed by atoms with Gasteiger partial charge in [0, 0.05) is 18.3 Å². The second kappa shape index (κ2) is 13.8. The fourth-order valence-electron chi connectivity index (χ4n) is 3.61. The third-order valence-corrected chi connectivity index (χ3v) is 5.47. The van der Waals surface area contributed by atoms with E-state index in [9.17, 15) is 4.79 Å². The van der Waals surface area contributed by atoms with Gasteiger partial charge in [0.05, 0.1) is 12.8 Å². The molecule has 0 spiro atoms. The lowest BCUT2D eigenvalue weighted by atomic mass is 9.96. The quantitative estimate of drug-likeness (QED) is 0.374. The normalized spacial score (nSPS) is 11.1. The zero-order chi connectivity index (χ0) is 24.9. The van der Waals surface area contributed by atoms with Crippen LogP contribution in [0.5, 0.6) is 5.75 Å². The Balaban J connectivity index is 0.00000199. The van der Waals surface area contributed by atoms with Crippen molar-refractivity contribution in [2.75, 3.05) is 7.11 Å². The van der Waals surface area contributed by atoms with Crippen LogP contribution in [0, 0.1) is 6.92 Å². The van der Waals surface area contributed by atoms with Crippen molar-refractivity contribution in [3.63, 3.8) is 0 Å². The second-order valence-corrected chi connectivity index (χ2v) is 7.59. The summed E-state index contributed by atoms with van der Waals surface area (Å²) in [5.74, 6) is 0.732. The first kappa shape index (κ1) is 26.6. The van der Waals surface area contributed by atoms with Gasteiger partial charge in [-0.25, -0.2) is 0 Å². The highest BCUT2D eigenvalue weighted by atomic mass is 16.5. The van der Waals surface area contributed by atoms with Gasteiger partial charge in [0.25, 0.3) is 5.91 Å². The van der Waals surface area contributed by atoms with E-state index in [0.717, 1.165) is 45.7 Å². The fourth-order valence-corrected chi connectivity index (χ4v) is 3.61. The molecule has 0 bridgehead atoms. The molecule has 4 heteroatoms. The first-order chi connectivity index (χ1) is 16.5. The molecule has 1 aromatic heterocycles. The largest absolute Gasteiger partial charge is 0.497 e. The molecule has 3 rings (SSSR count). The summed E-state index contributed by atoms with van der Waals surface area (Å²) < 4.78 is 5.18. The van der Waals surface area contributed by atoms with Crippen molar-refractivity contribution < 1.29 is 9.53 Å². The standard InChI is InChI=1S/C28H30N2O2.C2H6/c1-5-8-23(6-2)27-18-22(15-16-29-27)17-24-9-7-10-26(20(24)3)28(31)30-19-21-11-13-25(32-4)14-12-21;1-2/h5-16,18H,17,19H2,1-4H3,(H,30,31);1-2H3/b8-5-,23-6+;. The highest BCUT2D eigenvalue weighted by Gasteiger charge is 2.12. The lowest BCUT2D eigenvalue weighted by Gasteiger charge is -2.13. The summed E-state index contributed by atoms with van der Waals surface area (Å²) >= 11 is 0. The van der Waals surface area contributed by atoms with Gasteiger partial charge in [-0.1, -0.05) is 56.3 Å². The number of nitrogens with zero attached hydrogens (tertiary/aromatic N) is 1. The molecule has 0 unspecified atom stereocenters. The van der Waals surface area contributed by atoms with Crippen LogP contribution in [-0.2, 0) is 13.0 Å². The number of amides is 1. The molecule has 178 valence electrons. The number of carbonyl (C=O) groups excluding carboxylic acids is 1. The Hall–Kier alpha value is -3.66. The van der Waals surface area contributed by atoms with Crippen LogP contribution in [0.2, 0.25) is 0 Å². The second-order valence-electron chi connectivity index (χ2n) is 7.59. The molecule has 1 heterocycles. The topological polar surface area (TPSA) is 51.2 Å². The summed E-state index contributed by atoms with van der Waals surface area (Å²) in [6, 6.07) is 17.8. The number of methoxy groups -OCH3 is 1. The van der Waals surface area contributed by atoms with Crippen LogP contribution in [0.25, 0.3) is 5.57 Å². The molecule has 0 fully saturated rings. The monoisotopic (exact) mass is 456 g/mol. The molecule has 0 saturated heterocycles. The van der Waals surface area contributed by atoms with Crippen molar-refractivity contribution >= 4 is 11.5 Å². The van der Waals surface area contributed by atoms with E-state index in [4.69, 9.17) is 4.74 Å². The van der Waals surface area contributed by atoms with E-state index in [1.807, 2.05) is 89.4 Å². The average molecular weight is 457 g/mol. The number of carbonyl (C=O) groups is 1. The van der Waals surface area contributed by atoms with Gasteiger partial charge in [0.15, 0.2) is 0 Å². The maximum Gasteiger partial charge on any atom is 0.251 e. The summed E-state index contributed by atoms with van der Waals surface area (Å²) in [7, 11) is 1.64. The highest BCUT2D eigenvalue weighted by Crippen LogP contribution is 2.21. The first-order valence-corrected chi connectivity index (χ1v) is 11.8. The van der Waals surface area contributed by atoms with Crippen molar-refractivity contribution in [1.29, 1.82) is 0 Å². The number of rotatable bonds is 8.